The van der Waals surface area contributed by atoms with Crippen LogP contribution in [0.2, 0.25) is 0 Å². The number of carbonyl (C=O) groups is 6. The molecule has 70 heavy (non-hydrogen) atoms. The van der Waals surface area contributed by atoms with Gasteiger partial charge in [0.05, 0.1) is 6.04 Å². The summed E-state index contributed by atoms with van der Waals surface area (Å²) >= 11 is 0. The summed E-state index contributed by atoms with van der Waals surface area (Å²) in [6.07, 6.45) is -1.44. The Labute approximate surface area is 410 Å². The van der Waals surface area contributed by atoms with Gasteiger partial charge in [-0.2, -0.15) is 0 Å². The van der Waals surface area contributed by atoms with Gasteiger partial charge in [0, 0.05) is 57.7 Å². The van der Waals surface area contributed by atoms with Gasteiger partial charge >= 0.3 is 24.3 Å². The second-order valence-corrected chi connectivity index (χ2v) is 18.4. The molecule has 0 saturated heterocycles. The zero-order chi connectivity index (χ0) is 50.4. The van der Waals surface area contributed by atoms with E-state index in [4.69, 9.17) is 19.9 Å². The molecular formula is C55H64N6O9. The summed E-state index contributed by atoms with van der Waals surface area (Å²) in [6, 6.07) is 39.0. The Morgan fingerprint density at radius 2 is 1.27 bits per heavy atom. The van der Waals surface area contributed by atoms with E-state index in [1.54, 1.807) is 38.4 Å². The van der Waals surface area contributed by atoms with Crippen molar-refractivity contribution in [3.8, 4) is 22.3 Å². The van der Waals surface area contributed by atoms with Crippen molar-refractivity contribution in [3.05, 3.63) is 150 Å². The van der Waals surface area contributed by atoms with Crippen LogP contribution in [0.4, 0.5) is 24.9 Å². The molecule has 5 N–H and O–H groups in total. The maximum Gasteiger partial charge on any atom is 0.410 e. The van der Waals surface area contributed by atoms with Gasteiger partial charge in [0.1, 0.15) is 18.8 Å². The van der Waals surface area contributed by atoms with Crippen molar-refractivity contribution in [2.75, 3.05) is 45.7 Å². The SMILES string of the molecule is CC(C)[C@H](NC(=O)OCC1c2ccccc2-c2ccccc21)C(=O)C[C@@H](CCCNC(N)=O)C(=O)Nc1ccc(COC(=O)N(C)CCN(C)C(=O)OC(C)(C)c2ccc(-c3ccccc3)cc2)cc1. The maximum atomic E-state index is 13.9. The minimum absolute atomic E-state index is 0.0518. The summed E-state index contributed by atoms with van der Waals surface area (Å²) in [7, 11) is 3.18. The van der Waals surface area contributed by atoms with Crippen molar-refractivity contribution >= 4 is 41.7 Å². The largest absolute Gasteiger partial charge is 0.449 e. The number of fused-ring (bicyclic) bond motifs is 3. The van der Waals surface area contributed by atoms with E-state index in [0.29, 0.717) is 17.7 Å². The molecule has 0 saturated carbocycles. The van der Waals surface area contributed by atoms with Gasteiger partial charge in [-0.1, -0.05) is 129 Å². The van der Waals surface area contributed by atoms with Crippen molar-refractivity contribution in [1.29, 1.82) is 0 Å². The van der Waals surface area contributed by atoms with E-state index < -0.39 is 47.8 Å². The molecule has 1 aliphatic rings. The van der Waals surface area contributed by atoms with Gasteiger partial charge in [-0.3, -0.25) is 9.59 Å². The summed E-state index contributed by atoms with van der Waals surface area (Å²) in [6.45, 7) is 7.89. The molecule has 6 amide bonds. The van der Waals surface area contributed by atoms with Crippen molar-refractivity contribution in [2.45, 2.75) is 71.1 Å². The summed E-state index contributed by atoms with van der Waals surface area (Å²) < 4.78 is 17.1. The van der Waals surface area contributed by atoms with E-state index in [9.17, 15) is 28.8 Å². The van der Waals surface area contributed by atoms with Gasteiger partial charge in [0.25, 0.3) is 0 Å². The fourth-order valence-corrected chi connectivity index (χ4v) is 8.36. The molecule has 0 bridgehead atoms. The molecule has 5 aromatic carbocycles. The third-order valence-corrected chi connectivity index (χ3v) is 12.5. The lowest BCUT2D eigenvalue weighted by Gasteiger charge is -2.29. The van der Waals surface area contributed by atoms with Crippen molar-refractivity contribution in [3.63, 3.8) is 0 Å². The molecule has 15 heteroatoms. The minimum atomic E-state index is -0.930. The molecule has 0 radical (unpaired) electrons. The van der Waals surface area contributed by atoms with Crippen molar-refractivity contribution in [1.82, 2.24) is 20.4 Å². The zero-order valence-corrected chi connectivity index (χ0v) is 40.7. The van der Waals surface area contributed by atoms with E-state index in [1.807, 2.05) is 131 Å². The van der Waals surface area contributed by atoms with Crippen LogP contribution in [0.3, 0.4) is 0 Å². The number of nitrogens with two attached hydrogens (primary N) is 1. The Morgan fingerprint density at radius 3 is 1.87 bits per heavy atom. The molecule has 0 heterocycles. The number of anilines is 1. The van der Waals surface area contributed by atoms with Gasteiger partial charge in [0.2, 0.25) is 5.91 Å². The lowest BCUT2D eigenvalue weighted by Crippen LogP contribution is -2.46. The van der Waals surface area contributed by atoms with Gasteiger partial charge in [0.15, 0.2) is 5.78 Å². The first-order valence-electron chi connectivity index (χ1n) is 23.6. The number of amides is 6. The predicted octanol–water partition coefficient (Wildman–Crippen LogP) is 9.45. The van der Waals surface area contributed by atoms with Crippen LogP contribution in [-0.2, 0) is 36.0 Å². The van der Waals surface area contributed by atoms with Crippen LogP contribution in [-0.4, -0.2) is 92.2 Å². The van der Waals surface area contributed by atoms with Crippen LogP contribution in [0, 0.1) is 11.8 Å². The highest BCUT2D eigenvalue weighted by molar-refractivity contribution is 5.97. The number of primary amides is 1. The molecule has 1 aliphatic carbocycles. The molecule has 5 aromatic rings. The Balaban J connectivity index is 0.963. The molecule has 0 spiro atoms. The smallest absolute Gasteiger partial charge is 0.410 e. The lowest BCUT2D eigenvalue weighted by atomic mass is 9.89. The maximum absolute atomic E-state index is 13.9. The minimum Gasteiger partial charge on any atom is -0.449 e. The average molecular weight is 953 g/mol. The number of carbonyl (C=O) groups excluding carboxylic acids is 6. The number of ketones is 1. The number of nitrogens with one attached hydrogen (secondary N) is 3. The van der Waals surface area contributed by atoms with E-state index in [1.165, 1.54) is 9.80 Å². The number of nitrogens with zero attached hydrogens (tertiary/aromatic N) is 2. The summed E-state index contributed by atoms with van der Waals surface area (Å²) in [5.74, 6) is -2.05. The van der Waals surface area contributed by atoms with Gasteiger partial charge < -0.3 is 45.7 Å². The van der Waals surface area contributed by atoms with E-state index in [-0.39, 0.29) is 63.3 Å². The highest BCUT2D eigenvalue weighted by atomic mass is 16.6. The fraction of sp³-hybridized carbons (Fsp3) is 0.345. The number of urea groups is 1. The zero-order valence-electron chi connectivity index (χ0n) is 40.7. The van der Waals surface area contributed by atoms with Crippen molar-refractivity contribution < 1.29 is 43.0 Å². The Hall–Kier alpha value is -7.68. The molecule has 0 aromatic heterocycles. The highest BCUT2D eigenvalue weighted by Crippen LogP contribution is 2.44. The summed E-state index contributed by atoms with van der Waals surface area (Å²) in [4.78, 5) is 81.0. The van der Waals surface area contributed by atoms with Gasteiger partial charge in [-0.05, 0) is 89.2 Å². The number of rotatable bonds is 21. The number of hydrogen-bond donors (Lipinski definition) is 4. The molecule has 2 atom stereocenters. The topological polar surface area (TPSA) is 199 Å². The van der Waals surface area contributed by atoms with Crippen molar-refractivity contribution in [2.24, 2.45) is 17.6 Å². The number of ether oxygens (including phenoxy) is 3. The van der Waals surface area contributed by atoms with Gasteiger partial charge in [-0.25, -0.2) is 19.2 Å². The number of alkyl carbamates (subject to hydrolysis) is 1. The van der Waals surface area contributed by atoms with Gasteiger partial charge in [-0.15, -0.1) is 0 Å². The Morgan fingerprint density at radius 1 is 0.700 bits per heavy atom. The number of Topliss-reactive ketones (excluding diaryl/α,β-unsaturated/α-hetero) is 1. The van der Waals surface area contributed by atoms with Crippen LogP contribution in [0.15, 0.2) is 127 Å². The molecule has 0 unspecified atom stereocenters. The van der Waals surface area contributed by atoms with Crippen LogP contribution in [0.5, 0.6) is 0 Å². The lowest BCUT2D eigenvalue weighted by molar-refractivity contribution is -0.128. The molecule has 0 aliphatic heterocycles. The number of likely N-dealkylation sites (N-methyl/N-ethyl adjacent to an activating group) is 2. The highest BCUT2D eigenvalue weighted by Gasteiger charge is 2.33. The first-order valence-corrected chi connectivity index (χ1v) is 23.6. The molecule has 15 nitrogen and oxygen atoms in total. The first kappa shape index (κ1) is 51.7. The van der Waals surface area contributed by atoms with Crippen LogP contribution >= 0.6 is 0 Å². The third-order valence-electron chi connectivity index (χ3n) is 12.5. The Kier molecular flexibility index (Phi) is 17.8. The van der Waals surface area contributed by atoms with Crippen LogP contribution < -0.4 is 21.7 Å². The second-order valence-electron chi connectivity index (χ2n) is 18.4. The molecule has 368 valence electrons. The average Bonchev–Trinajstić information content (AvgIpc) is 3.67. The first-order chi connectivity index (χ1) is 33.5. The van der Waals surface area contributed by atoms with E-state index in [0.717, 1.165) is 38.9 Å². The monoisotopic (exact) mass is 952 g/mol. The van der Waals surface area contributed by atoms with Crippen LogP contribution in [0.1, 0.15) is 75.1 Å². The van der Waals surface area contributed by atoms with E-state index in [2.05, 4.69) is 16.0 Å². The summed E-state index contributed by atoms with van der Waals surface area (Å²) in [5.41, 5.74) is 12.8. The van der Waals surface area contributed by atoms with E-state index >= 15 is 0 Å². The summed E-state index contributed by atoms with van der Waals surface area (Å²) in [5, 5.41) is 8.15. The number of benzene rings is 5. The number of hydrogen-bond acceptors (Lipinski definition) is 9. The quantitative estimate of drug-likeness (QED) is 0.0409. The Bertz CT molecular complexity index is 2560. The molecule has 6 rings (SSSR count). The third kappa shape index (κ3) is 14.0. The molecular weight excluding hydrogens is 889 g/mol. The fourth-order valence-electron chi connectivity index (χ4n) is 8.36. The predicted molar refractivity (Wildman–Crippen MR) is 269 cm³/mol. The second kappa shape index (κ2) is 24.0. The normalized spacial score (nSPS) is 12.7. The van der Waals surface area contributed by atoms with Crippen LogP contribution in [0.25, 0.3) is 22.3 Å². The standard InChI is InChI=1S/C55H64N6O9/c1-36(2)49(59-52(65)68-35-47-45-20-12-10-18-43(45)44-19-11-13-21-46(44)47)48(62)33-40(17-14-30-57-51(56)64)50(63)58-42-28-22-37(23-29-42)34-69-53(66)60(5)31-32-61(6)54(67)70-55(3,4)41-26-24-39(25-27-41)38-15-8-7-9-16-38/h7-13,15-16,18-29,36,40,47,49H,14,17,30-35H2,1-6H3,(H,58,63)(H,59,65)(H3,56,57,64)/t40-,49+/m1/s1. The molecule has 0 fully saturated rings.